The van der Waals surface area contributed by atoms with Crippen molar-refractivity contribution in [1.82, 2.24) is 19.2 Å². The van der Waals surface area contributed by atoms with Crippen LogP contribution in [0.2, 0.25) is 5.22 Å². The molecule has 2 aromatic heterocycles. The predicted molar refractivity (Wildman–Crippen MR) is 78.5 cm³/mol. The fourth-order valence-corrected chi connectivity index (χ4v) is 3.50. The molecule has 3 rings (SSSR count). The molecule has 1 aliphatic heterocycles. The summed E-state index contributed by atoms with van der Waals surface area (Å²) in [6, 6.07) is 3.27. The second-order valence-electron chi connectivity index (χ2n) is 4.94. The summed E-state index contributed by atoms with van der Waals surface area (Å²) in [5, 5.41) is 4.13. The van der Waals surface area contributed by atoms with Crippen molar-refractivity contribution in [2.75, 3.05) is 20.1 Å². The van der Waals surface area contributed by atoms with Crippen LogP contribution in [0.1, 0.15) is 24.7 Å². The van der Waals surface area contributed by atoms with E-state index in [0.29, 0.717) is 43.4 Å². The van der Waals surface area contributed by atoms with Crippen LogP contribution in [0.25, 0.3) is 11.6 Å². The molecule has 0 spiro atoms. The normalized spacial score (nSPS) is 17.9. The van der Waals surface area contributed by atoms with Gasteiger partial charge >= 0.3 is 0 Å². The van der Waals surface area contributed by atoms with Crippen LogP contribution in [0, 0.1) is 0 Å². The molecule has 0 amide bonds. The summed E-state index contributed by atoms with van der Waals surface area (Å²) >= 11 is 5.72. The first kappa shape index (κ1) is 15.5. The summed E-state index contributed by atoms with van der Waals surface area (Å²) in [4.78, 5) is 4.31. The Balaban J connectivity index is 1.68. The molecule has 0 aliphatic carbocycles. The van der Waals surface area contributed by atoms with Gasteiger partial charge in [0.2, 0.25) is 11.7 Å². The lowest BCUT2D eigenvalue weighted by Crippen LogP contribution is -2.43. The van der Waals surface area contributed by atoms with E-state index < -0.39 is 10.2 Å². The molecule has 1 fully saturated rings. The van der Waals surface area contributed by atoms with Gasteiger partial charge < -0.3 is 8.94 Å². The van der Waals surface area contributed by atoms with Crippen molar-refractivity contribution < 1.29 is 17.4 Å². The standard InChI is InChI=1S/C12H15ClN4O4S/c1-14-22(18,19)17-6-4-8(5-7-17)12-15-11(16-21-12)9-2-3-10(13)20-9/h2-3,8,14H,4-7H2,1H3. The van der Waals surface area contributed by atoms with Gasteiger partial charge in [-0.05, 0) is 36.6 Å². The lowest BCUT2D eigenvalue weighted by molar-refractivity contribution is 0.269. The zero-order valence-electron chi connectivity index (χ0n) is 11.8. The van der Waals surface area contributed by atoms with Gasteiger partial charge in [0.15, 0.2) is 11.0 Å². The third kappa shape index (κ3) is 3.02. The molecule has 1 saturated heterocycles. The second-order valence-corrected chi connectivity index (χ2v) is 7.19. The van der Waals surface area contributed by atoms with E-state index in [4.69, 9.17) is 20.5 Å². The molecule has 1 N–H and O–H groups in total. The van der Waals surface area contributed by atoms with Gasteiger partial charge in [-0.3, -0.25) is 0 Å². The molecule has 0 radical (unpaired) electrons. The lowest BCUT2D eigenvalue weighted by Gasteiger charge is -2.28. The average Bonchev–Trinajstić information content (AvgIpc) is 3.16. The molecule has 1 aliphatic rings. The Morgan fingerprint density at radius 2 is 2.09 bits per heavy atom. The molecule has 10 heteroatoms. The van der Waals surface area contributed by atoms with E-state index in [-0.39, 0.29) is 11.1 Å². The number of hydrogen-bond acceptors (Lipinski definition) is 6. The highest BCUT2D eigenvalue weighted by Crippen LogP contribution is 2.30. The van der Waals surface area contributed by atoms with Gasteiger partial charge in [0.05, 0.1) is 0 Å². The maximum Gasteiger partial charge on any atom is 0.279 e. The van der Waals surface area contributed by atoms with Gasteiger partial charge in [0, 0.05) is 26.1 Å². The Kier molecular flexibility index (Phi) is 4.22. The topological polar surface area (TPSA) is 101 Å². The zero-order chi connectivity index (χ0) is 15.7. The van der Waals surface area contributed by atoms with Gasteiger partial charge in [-0.1, -0.05) is 5.16 Å². The van der Waals surface area contributed by atoms with E-state index in [1.54, 1.807) is 12.1 Å². The number of hydrogen-bond donors (Lipinski definition) is 1. The van der Waals surface area contributed by atoms with E-state index in [1.807, 2.05) is 0 Å². The first-order valence-corrected chi connectivity index (χ1v) is 8.59. The van der Waals surface area contributed by atoms with Gasteiger partial charge in [-0.15, -0.1) is 0 Å². The van der Waals surface area contributed by atoms with Crippen LogP contribution < -0.4 is 4.72 Å². The van der Waals surface area contributed by atoms with Crippen molar-refractivity contribution in [2.24, 2.45) is 0 Å². The monoisotopic (exact) mass is 346 g/mol. The van der Waals surface area contributed by atoms with E-state index in [9.17, 15) is 8.42 Å². The van der Waals surface area contributed by atoms with Crippen molar-refractivity contribution in [3.8, 4) is 11.6 Å². The van der Waals surface area contributed by atoms with Crippen molar-refractivity contribution in [2.45, 2.75) is 18.8 Å². The molecule has 0 unspecified atom stereocenters. The second kappa shape index (κ2) is 5.99. The predicted octanol–water partition coefficient (Wildman–Crippen LogP) is 1.63. The Morgan fingerprint density at radius 3 is 2.68 bits per heavy atom. The number of aromatic nitrogens is 2. The summed E-state index contributed by atoms with van der Waals surface area (Å²) in [7, 11) is -1.97. The Bertz CT molecular complexity index is 749. The van der Waals surface area contributed by atoms with Crippen molar-refractivity contribution in [3.63, 3.8) is 0 Å². The summed E-state index contributed by atoms with van der Waals surface area (Å²) < 4.78 is 37.7. The minimum atomic E-state index is -3.37. The van der Waals surface area contributed by atoms with Crippen LogP contribution in [0.15, 0.2) is 21.1 Å². The van der Waals surface area contributed by atoms with Crippen molar-refractivity contribution >= 4 is 21.8 Å². The molecular formula is C12H15ClN4O4S. The lowest BCUT2D eigenvalue weighted by atomic mass is 9.98. The van der Waals surface area contributed by atoms with Crippen molar-refractivity contribution in [1.29, 1.82) is 0 Å². The number of halogens is 1. The molecule has 8 nitrogen and oxygen atoms in total. The quantitative estimate of drug-likeness (QED) is 0.902. The Labute approximate surface area is 132 Å². The van der Waals surface area contributed by atoms with Gasteiger partial charge in [0.1, 0.15) is 0 Å². The van der Waals surface area contributed by atoms with Crippen LogP contribution in [-0.2, 0) is 10.2 Å². The summed E-state index contributed by atoms with van der Waals surface area (Å²) in [5.74, 6) is 1.31. The molecule has 0 atom stereocenters. The first-order chi connectivity index (χ1) is 10.5. The number of furan rings is 1. The molecule has 3 heterocycles. The summed E-state index contributed by atoms with van der Waals surface area (Å²) in [6.45, 7) is 0.830. The Hall–Kier alpha value is -1.42. The minimum absolute atomic E-state index is 0.0370. The molecule has 0 saturated carbocycles. The number of piperidine rings is 1. The third-order valence-electron chi connectivity index (χ3n) is 3.64. The van der Waals surface area contributed by atoms with Crippen LogP contribution in [0.3, 0.4) is 0 Å². The molecule has 0 aromatic carbocycles. The Morgan fingerprint density at radius 1 is 1.36 bits per heavy atom. The van der Waals surface area contributed by atoms with Gasteiger partial charge in [-0.2, -0.15) is 17.7 Å². The van der Waals surface area contributed by atoms with Crippen molar-refractivity contribution in [3.05, 3.63) is 23.2 Å². The average molecular weight is 347 g/mol. The summed E-state index contributed by atoms with van der Waals surface area (Å²) in [6.07, 6.45) is 1.25. The van der Waals surface area contributed by atoms with E-state index >= 15 is 0 Å². The van der Waals surface area contributed by atoms with Gasteiger partial charge in [-0.25, -0.2) is 4.72 Å². The molecule has 2 aromatic rings. The highest BCUT2D eigenvalue weighted by molar-refractivity contribution is 7.87. The fourth-order valence-electron chi connectivity index (χ4n) is 2.41. The van der Waals surface area contributed by atoms with Crippen LogP contribution in [-0.4, -0.2) is 43.0 Å². The largest absolute Gasteiger partial charge is 0.441 e. The zero-order valence-corrected chi connectivity index (χ0v) is 13.4. The highest BCUT2D eigenvalue weighted by atomic mass is 35.5. The minimum Gasteiger partial charge on any atom is -0.441 e. The van der Waals surface area contributed by atoms with Crippen LogP contribution in [0.4, 0.5) is 0 Å². The smallest absolute Gasteiger partial charge is 0.279 e. The van der Waals surface area contributed by atoms with Crippen LogP contribution in [0.5, 0.6) is 0 Å². The van der Waals surface area contributed by atoms with E-state index in [0.717, 1.165) is 0 Å². The summed E-state index contributed by atoms with van der Waals surface area (Å²) in [5.41, 5.74) is 0. The molecule has 22 heavy (non-hydrogen) atoms. The first-order valence-electron chi connectivity index (χ1n) is 6.77. The SMILES string of the molecule is CNS(=O)(=O)N1CCC(c2nc(-c3ccc(Cl)o3)no2)CC1. The van der Waals surface area contributed by atoms with Gasteiger partial charge in [0.25, 0.3) is 10.2 Å². The highest BCUT2D eigenvalue weighted by Gasteiger charge is 2.30. The van der Waals surface area contributed by atoms with Crippen LogP contribution >= 0.6 is 11.6 Å². The maximum absolute atomic E-state index is 11.7. The molecule has 0 bridgehead atoms. The van der Waals surface area contributed by atoms with E-state index in [2.05, 4.69) is 14.9 Å². The number of rotatable bonds is 4. The number of nitrogens with one attached hydrogen (secondary N) is 1. The third-order valence-corrected chi connectivity index (χ3v) is 5.40. The fraction of sp³-hybridized carbons (Fsp3) is 0.500. The maximum atomic E-state index is 11.7. The molecule has 120 valence electrons. The van der Waals surface area contributed by atoms with E-state index in [1.165, 1.54) is 11.4 Å². The number of nitrogens with zero attached hydrogens (tertiary/aromatic N) is 3. The molecular weight excluding hydrogens is 332 g/mol.